The van der Waals surface area contributed by atoms with Crippen LogP contribution in [-0.2, 0) is 11.2 Å². The van der Waals surface area contributed by atoms with Crippen LogP contribution in [0.1, 0.15) is 148 Å². The second kappa shape index (κ2) is 19.4. The number of ether oxygens (including phenoxy) is 2. The minimum Gasteiger partial charge on any atom is -0.494 e. The van der Waals surface area contributed by atoms with Crippen molar-refractivity contribution >= 4 is 5.71 Å². The molecule has 0 spiro atoms. The number of hydrogen-bond donors (Lipinski definition) is 0. The van der Waals surface area contributed by atoms with Crippen LogP contribution in [0.25, 0.3) is 0 Å². The maximum atomic E-state index is 6.27. The van der Waals surface area contributed by atoms with Gasteiger partial charge in [-0.15, -0.1) is 0 Å². The molecular formula is C35H59NO2. The van der Waals surface area contributed by atoms with Crippen molar-refractivity contribution in [2.45, 2.75) is 143 Å². The third-order valence-electron chi connectivity index (χ3n) is 8.46. The molecule has 0 aromatic heterocycles. The molecule has 0 saturated carbocycles. The van der Waals surface area contributed by atoms with Crippen LogP contribution < -0.4 is 4.74 Å². The molecular weight excluding hydrogens is 466 g/mol. The fourth-order valence-electron chi connectivity index (χ4n) is 6.36. The molecule has 0 bridgehead atoms. The van der Waals surface area contributed by atoms with Gasteiger partial charge in [0, 0.05) is 42.5 Å². The lowest BCUT2D eigenvalue weighted by atomic mass is 9.71. The average Bonchev–Trinajstić information content (AvgIpc) is 2.91. The number of methoxy groups -OCH3 is 1. The van der Waals surface area contributed by atoms with Crippen molar-refractivity contribution in [2.75, 3.05) is 20.3 Å². The van der Waals surface area contributed by atoms with E-state index in [2.05, 4.69) is 52.8 Å². The first kappa shape index (κ1) is 32.6. The molecule has 216 valence electrons. The summed E-state index contributed by atoms with van der Waals surface area (Å²) in [7, 11) is 1.80. The Morgan fingerprint density at radius 3 is 1.92 bits per heavy atom. The van der Waals surface area contributed by atoms with Crippen LogP contribution in [0.3, 0.4) is 0 Å². The van der Waals surface area contributed by atoms with Crippen molar-refractivity contribution < 1.29 is 9.47 Å². The number of unbranched alkanes of at least 4 members (excludes halogenated alkanes) is 12. The Kier molecular flexibility index (Phi) is 16.7. The van der Waals surface area contributed by atoms with Crippen LogP contribution in [0, 0.1) is 5.92 Å². The Labute approximate surface area is 235 Å². The molecule has 0 radical (unpaired) electrons. The van der Waals surface area contributed by atoms with E-state index in [1.165, 1.54) is 112 Å². The van der Waals surface area contributed by atoms with Gasteiger partial charge in [-0.2, -0.15) is 0 Å². The van der Waals surface area contributed by atoms with Gasteiger partial charge in [-0.05, 0) is 63.7 Å². The maximum absolute atomic E-state index is 6.27. The molecule has 0 fully saturated rings. The van der Waals surface area contributed by atoms with Crippen LogP contribution in [0.2, 0.25) is 0 Å². The zero-order valence-electron chi connectivity index (χ0n) is 25.9. The standard InChI is InChI=1S/C35H59NO2/c1-7-10-11-12-13-14-15-16-17-18-19-20-21-23-30-24-22-25-33(38-9-3)34(30)35-31(8-2)28(4)36-29(5)32(35)26-27-37-6/h22,24-25,31,35H,7-21,23,26-27H2,1-6H3. The summed E-state index contributed by atoms with van der Waals surface area (Å²) < 4.78 is 11.8. The second-order valence-corrected chi connectivity index (χ2v) is 11.4. The van der Waals surface area contributed by atoms with Crippen LogP contribution >= 0.6 is 0 Å². The fraction of sp³-hybridized carbons (Fsp3) is 0.743. The third kappa shape index (κ3) is 10.5. The molecule has 0 N–H and O–H groups in total. The molecule has 1 aliphatic rings. The summed E-state index contributed by atoms with van der Waals surface area (Å²) in [5.74, 6) is 1.81. The van der Waals surface area contributed by atoms with Gasteiger partial charge >= 0.3 is 0 Å². The van der Waals surface area contributed by atoms with E-state index >= 15 is 0 Å². The highest BCUT2D eigenvalue weighted by atomic mass is 16.5. The second-order valence-electron chi connectivity index (χ2n) is 11.4. The predicted molar refractivity (Wildman–Crippen MR) is 166 cm³/mol. The van der Waals surface area contributed by atoms with Gasteiger partial charge in [-0.3, -0.25) is 4.99 Å². The van der Waals surface area contributed by atoms with Gasteiger partial charge in [-0.25, -0.2) is 0 Å². The first-order valence-corrected chi connectivity index (χ1v) is 16.1. The monoisotopic (exact) mass is 525 g/mol. The third-order valence-corrected chi connectivity index (χ3v) is 8.46. The summed E-state index contributed by atoms with van der Waals surface area (Å²) in [6.45, 7) is 12.5. The number of hydrogen-bond acceptors (Lipinski definition) is 3. The van der Waals surface area contributed by atoms with Crippen LogP contribution in [0.15, 0.2) is 34.5 Å². The van der Waals surface area contributed by atoms with Crippen molar-refractivity contribution in [2.24, 2.45) is 10.9 Å². The minimum absolute atomic E-state index is 0.326. The summed E-state index contributed by atoms with van der Waals surface area (Å²) in [4.78, 5) is 4.99. The maximum Gasteiger partial charge on any atom is 0.123 e. The van der Waals surface area contributed by atoms with Gasteiger partial charge in [0.2, 0.25) is 0 Å². The molecule has 0 aliphatic carbocycles. The molecule has 2 rings (SSSR count). The van der Waals surface area contributed by atoms with Gasteiger partial charge in [0.25, 0.3) is 0 Å². The largest absolute Gasteiger partial charge is 0.494 e. The average molecular weight is 526 g/mol. The molecule has 2 unspecified atom stereocenters. The van der Waals surface area contributed by atoms with Crippen LogP contribution in [0.5, 0.6) is 5.75 Å². The van der Waals surface area contributed by atoms with E-state index in [0.717, 1.165) is 31.6 Å². The first-order valence-electron chi connectivity index (χ1n) is 16.1. The van der Waals surface area contributed by atoms with Gasteiger partial charge < -0.3 is 9.47 Å². The van der Waals surface area contributed by atoms with Crippen molar-refractivity contribution in [3.05, 3.63) is 40.6 Å². The molecule has 2 atom stereocenters. The highest BCUT2D eigenvalue weighted by Gasteiger charge is 2.35. The van der Waals surface area contributed by atoms with E-state index in [0.29, 0.717) is 18.4 Å². The summed E-state index contributed by atoms with van der Waals surface area (Å²) in [5.41, 5.74) is 6.75. The van der Waals surface area contributed by atoms with E-state index in [4.69, 9.17) is 14.5 Å². The Bertz CT molecular complexity index is 840. The Morgan fingerprint density at radius 1 is 0.763 bits per heavy atom. The van der Waals surface area contributed by atoms with Gasteiger partial charge in [0.15, 0.2) is 0 Å². The molecule has 3 heteroatoms. The summed E-state index contributed by atoms with van der Waals surface area (Å²) in [6.07, 6.45) is 21.3. The van der Waals surface area contributed by atoms with E-state index in [1.807, 2.05) is 0 Å². The fourth-order valence-corrected chi connectivity index (χ4v) is 6.36. The molecule has 1 aromatic rings. The zero-order valence-corrected chi connectivity index (χ0v) is 25.9. The SMILES string of the molecule is CCCCCCCCCCCCCCCc1cccc(OCC)c1C1C(CCOC)=C(C)N=C(C)C1CC. The zero-order chi connectivity index (χ0) is 27.6. The van der Waals surface area contributed by atoms with Gasteiger partial charge in [-0.1, -0.05) is 103 Å². The summed E-state index contributed by atoms with van der Waals surface area (Å²) >= 11 is 0. The summed E-state index contributed by atoms with van der Waals surface area (Å²) in [6, 6.07) is 6.74. The van der Waals surface area contributed by atoms with Crippen molar-refractivity contribution in [1.29, 1.82) is 0 Å². The molecule has 38 heavy (non-hydrogen) atoms. The Morgan fingerprint density at radius 2 is 1.37 bits per heavy atom. The van der Waals surface area contributed by atoms with Crippen molar-refractivity contribution in [3.8, 4) is 5.75 Å². The molecule has 0 amide bonds. The lowest BCUT2D eigenvalue weighted by Gasteiger charge is -2.36. The number of rotatable bonds is 21. The van der Waals surface area contributed by atoms with Gasteiger partial charge in [0.05, 0.1) is 6.61 Å². The number of aliphatic imine (C=N–C) groups is 1. The minimum atomic E-state index is 0.326. The van der Waals surface area contributed by atoms with Crippen molar-refractivity contribution in [1.82, 2.24) is 0 Å². The van der Waals surface area contributed by atoms with Crippen LogP contribution in [-0.4, -0.2) is 26.0 Å². The molecule has 1 heterocycles. The van der Waals surface area contributed by atoms with Gasteiger partial charge in [0.1, 0.15) is 5.75 Å². The Hall–Kier alpha value is -1.61. The highest BCUT2D eigenvalue weighted by Crippen LogP contribution is 2.46. The molecule has 1 aliphatic heterocycles. The molecule has 1 aromatic carbocycles. The summed E-state index contributed by atoms with van der Waals surface area (Å²) in [5, 5.41) is 0. The quantitative estimate of drug-likeness (QED) is 0.149. The smallest absolute Gasteiger partial charge is 0.123 e. The predicted octanol–water partition coefficient (Wildman–Crippen LogP) is 10.6. The van der Waals surface area contributed by atoms with E-state index in [9.17, 15) is 0 Å². The Balaban J connectivity index is 1.99. The van der Waals surface area contributed by atoms with Crippen LogP contribution in [0.4, 0.5) is 0 Å². The number of allylic oxidation sites excluding steroid dienone is 1. The highest BCUT2D eigenvalue weighted by molar-refractivity contribution is 5.88. The first-order chi connectivity index (χ1) is 18.6. The van der Waals surface area contributed by atoms with Crippen molar-refractivity contribution in [3.63, 3.8) is 0 Å². The lowest BCUT2D eigenvalue weighted by Crippen LogP contribution is -2.27. The molecule has 0 saturated heterocycles. The molecule has 3 nitrogen and oxygen atoms in total. The topological polar surface area (TPSA) is 30.8 Å². The lowest BCUT2D eigenvalue weighted by molar-refractivity contribution is 0.199. The van der Waals surface area contributed by atoms with E-state index in [-0.39, 0.29) is 0 Å². The van der Waals surface area contributed by atoms with E-state index < -0.39 is 0 Å². The number of aryl methyl sites for hydroxylation is 1. The number of benzene rings is 1. The van der Waals surface area contributed by atoms with E-state index in [1.54, 1.807) is 7.11 Å². The number of nitrogens with zero attached hydrogens (tertiary/aromatic N) is 1. The normalized spacial score (nSPS) is 17.7.